The van der Waals surface area contributed by atoms with Crippen LogP contribution < -0.4 is 0 Å². The minimum atomic E-state index is -0.522. The standard InChI is InChI=1S/C21H34O4/c1-12(22)25-17-9-11-20(2)15-8-10-21(3)14(6-7-18(21)23)13(15)4-5-16(20)19(17)24/h13-19,23-24H,4-11H2,1-3H3/t13-,14-,15-,16?,17-,18-,19+,20+,21-/m0/s1. The van der Waals surface area contributed by atoms with Crippen molar-refractivity contribution in [2.24, 2.45) is 34.5 Å². The third-order valence-electron chi connectivity index (χ3n) is 8.97. The van der Waals surface area contributed by atoms with Gasteiger partial charge in [0, 0.05) is 6.92 Å². The Labute approximate surface area is 151 Å². The van der Waals surface area contributed by atoms with Gasteiger partial charge in [0.15, 0.2) is 0 Å². The third kappa shape index (κ3) is 2.50. The van der Waals surface area contributed by atoms with E-state index in [0.717, 1.165) is 44.9 Å². The Morgan fingerprint density at radius 2 is 1.52 bits per heavy atom. The van der Waals surface area contributed by atoms with Gasteiger partial charge in [0.2, 0.25) is 0 Å². The van der Waals surface area contributed by atoms with E-state index in [4.69, 9.17) is 4.74 Å². The van der Waals surface area contributed by atoms with Crippen LogP contribution in [0.2, 0.25) is 0 Å². The van der Waals surface area contributed by atoms with E-state index in [1.807, 2.05) is 0 Å². The Morgan fingerprint density at radius 3 is 2.24 bits per heavy atom. The monoisotopic (exact) mass is 350 g/mol. The lowest BCUT2D eigenvalue weighted by atomic mass is 9.44. The molecule has 25 heavy (non-hydrogen) atoms. The lowest BCUT2D eigenvalue weighted by molar-refractivity contribution is -0.192. The molecule has 1 unspecified atom stereocenters. The molecule has 142 valence electrons. The van der Waals surface area contributed by atoms with Crippen molar-refractivity contribution < 1.29 is 19.7 Å². The summed E-state index contributed by atoms with van der Waals surface area (Å²) in [6, 6.07) is 0. The van der Waals surface area contributed by atoms with Crippen molar-refractivity contribution in [2.45, 2.75) is 90.4 Å². The maximum absolute atomic E-state index is 11.4. The Morgan fingerprint density at radius 1 is 0.880 bits per heavy atom. The van der Waals surface area contributed by atoms with E-state index >= 15 is 0 Å². The van der Waals surface area contributed by atoms with Gasteiger partial charge in [-0.25, -0.2) is 0 Å². The summed E-state index contributed by atoms with van der Waals surface area (Å²) in [5.41, 5.74) is 0.256. The molecule has 0 heterocycles. The molecule has 4 aliphatic carbocycles. The quantitative estimate of drug-likeness (QED) is 0.712. The molecule has 0 bridgehead atoms. The number of carbonyl (C=O) groups excluding carboxylic acids is 1. The van der Waals surface area contributed by atoms with Crippen LogP contribution in [-0.4, -0.2) is 34.5 Å². The maximum Gasteiger partial charge on any atom is 0.302 e. The van der Waals surface area contributed by atoms with Crippen molar-refractivity contribution in [1.82, 2.24) is 0 Å². The van der Waals surface area contributed by atoms with Crippen molar-refractivity contribution in [3.05, 3.63) is 0 Å². The number of ether oxygens (including phenoxy) is 1. The molecule has 4 heteroatoms. The molecular formula is C21H34O4. The molecule has 9 atom stereocenters. The Hall–Kier alpha value is -0.610. The number of carbonyl (C=O) groups is 1. The topological polar surface area (TPSA) is 66.8 Å². The third-order valence-corrected chi connectivity index (χ3v) is 8.97. The molecular weight excluding hydrogens is 316 g/mol. The summed E-state index contributed by atoms with van der Waals surface area (Å²) in [5.74, 6) is 1.93. The summed E-state index contributed by atoms with van der Waals surface area (Å²) in [5, 5.41) is 21.5. The second-order valence-corrected chi connectivity index (χ2v) is 9.88. The predicted octanol–water partition coefficient (Wildman–Crippen LogP) is 3.29. The molecule has 4 rings (SSSR count). The average molecular weight is 350 g/mol. The number of esters is 1. The average Bonchev–Trinajstić information content (AvgIpc) is 2.86. The van der Waals surface area contributed by atoms with Crippen molar-refractivity contribution in [3.8, 4) is 0 Å². The van der Waals surface area contributed by atoms with Crippen molar-refractivity contribution >= 4 is 5.97 Å². The van der Waals surface area contributed by atoms with Gasteiger partial charge in [-0.15, -0.1) is 0 Å². The van der Waals surface area contributed by atoms with Crippen LogP contribution in [0.25, 0.3) is 0 Å². The predicted molar refractivity (Wildman–Crippen MR) is 94.7 cm³/mol. The van der Waals surface area contributed by atoms with Gasteiger partial charge in [0.05, 0.1) is 12.2 Å². The van der Waals surface area contributed by atoms with Crippen LogP contribution in [0.3, 0.4) is 0 Å². The molecule has 0 radical (unpaired) electrons. The van der Waals surface area contributed by atoms with Crippen LogP contribution in [0.1, 0.15) is 72.1 Å². The highest BCUT2D eigenvalue weighted by molar-refractivity contribution is 5.66. The molecule has 0 aromatic carbocycles. The highest BCUT2D eigenvalue weighted by Crippen LogP contribution is 2.66. The van der Waals surface area contributed by atoms with Crippen LogP contribution in [-0.2, 0) is 9.53 Å². The molecule has 4 nitrogen and oxygen atoms in total. The first-order chi connectivity index (χ1) is 11.8. The first kappa shape index (κ1) is 17.8. The van der Waals surface area contributed by atoms with Gasteiger partial charge in [-0.05, 0) is 85.9 Å². The van der Waals surface area contributed by atoms with Crippen LogP contribution in [0.4, 0.5) is 0 Å². The highest BCUT2D eigenvalue weighted by atomic mass is 16.6. The zero-order valence-corrected chi connectivity index (χ0v) is 15.9. The highest BCUT2D eigenvalue weighted by Gasteiger charge is 2.61. The molecule has 0 aromatic heterocycles. The van der Waals surface area contributed by atoms with E-state index in [1.54, 1.807) is 0 Å². The first-order valence-electron chi connectivity index (χ1n) is 10.3. The van der Waals surface area contributed by atoms with Gasteiger partial charge in [-0.3, -0.25) is 4.79 Å². The van der Waals surface area contributed by atoms with Gasteiger partial charge in [-0.1, -0.05) is 13.8 Å². The lowest BCUT2D eigenvalue weighted by Gasteiger charge is -2.61. The molecule has 0 saturated heterocycles. The SMILES string of the molecule is CC(=O)O[C@H]1CC[C@@]2(C)C(CC[C@H]3[C@@H]4CC[C@H](O)[C@@]4(C)CC[C@@H]32)[C@H]1O. The van der Waals surface area contributed by atoms with E-state index < -0.39 is 6.10 Å². The van der Waals surface area contributed by atoms with Crippen molar-refractivity contribution in [1.29, 1.82) is 0 Å². The fourth-order valence-electron chi connectivity index (χ4n) is 7.61. The van der Waals surface area contributed by atoms with Gasteiger partial charge in [-0.2, -0.15) is 0 Å². The van der Waals surface area contributed by atoms with Crippen LogP contribution in [0.5, 0.6) is 0 Å². The fourth-order valence-corrected chi connectivity index (χ4v) is 7.61. The molecule has 4 aliphatic rings. The second-order valence-electron chi connectivity index (χ2n) is 9.88. The van der Waals surface area contributed by atoms with E-state index in [-0.39, 0.29) is 34.9 Å². The Kier molecular flexibility index (Phi) is 4.23. The fraction of sp³-hybridized carbons (Fsp3) is 0.952. The summed E-state index contributed by atoms with van der Waals surface area (Å²) in [4.78, 5) is 11.4. The number of aliphatic hydroxyl groups is 2. The molecule has 4 saturated carbocycles. The lowest BCUT2D eigenvalue weighted by Crippen LogP contribution is -2.59. The molecule has 0 aromatic rings. The molecule has 2 N–H and O–H groups in total. The second kappa shape index (κ2) is 5.95. The van der Waals surface area contributed by atoms with Crippen LogP contribution in [0, 0.1) is 34.5 Å². The summed E-state index contributed by atoms with van der Waals surface area (Å²) < 4.78 is 5.41. The summed E-state index contributed by atoms with van der Waals surface area (Å²) in [6.45, 7) is 6.13. The van der Waals surface area contributed by atoms with Gasteiger partial charge < -0.3 is 14.9 Å². The minimum absolute atomic E-state index is 0.109. The van der Waals surface area contributed by atoms with E-state index in [2.05, 4.69) is 13.8 Å². The van der Waals surface area contributed by atoms with Gasteiger partial charge in [0.25, 0.3) is 0 Å². The Balaban J connectivity index is 1.57. The Bertz CT molecular complexity index is 548. The largest absolute Gasteiger partial charge is 0.460 e. The first-order valence-corrected chi connectivity index (χ1v) is 10.3. The van der Waals surface area contributed by atoms with Crippen LogP contribution >= 0.6 is 0 Å². The molecule has 0 amide bonds. The molecule has 0 aliphatic heterocycles. The van der Waals surface area contributed by atoms with E-state index in [1.165, 1.54) is 13.3 Å². The van der Waals surface area contributed by atoms with Crippen LogP contribution in [0.15, 0.2) is 0 Å². The van der Waals surface area contributed by atoms with Crippen molar-refractivity contribution in [2.75, 3.05) is 0 Å². The smallest absolute Gasteiger partial charge is 0.302 e. The molecule has 0 spiro atoms. The number of hydrogen-bond acceptors (Lipinski definition) is 4. The van der Waals surface area contributed by atoms with E-state index in [9.17, 15) is 15.0 Å². The van der Waals surface area contributed by atoms with Crippen molar-refractivity contribution in [3.63, 3.8) is 0 Å². The van der Waals surface area contributed by atoms with Gasteiger partial charge in [0.1, 0.15) is 6.10 Å². The number of aliphatic hydroxyl groups excluding tert-OH is 2. The summed E-state index contributed by atoms with van der Waals surface area (Å²) >= 11 is 0. The summed E-state index contributed by atoms with van der Waals surface area (Å²) in [6.07, 6.45) is 7.44. The zero-order chi connectivity index (χ0) is 18.0. The molecule has 4 fully saturated rings. The number of rotatable bonds is 1. The normalized spacial score (nSPS) is 55.0. The van der Waals surface area contributed by atoms with E-state index in [0.29, 0.717) is 17.8 Å². The zero-order valence-electron chi connectivity index (χ0n) is 15.9. The van der Waals surface area contributed by atoms with Gasteiger partial charge >= 0.3 is 5.97 Å². The summed E-state index contributed by atoms with van der Waals surface area (Å²) in [7, 11) is 0. The minimum Gasteiger partial charge on any atom is -0.460 e. The number of fused-ring (bicyclic) bond motifs is 5. The number of hydrogen-bond donors (Lipinski definition) is 2. The maximum atomic E-state index is 11.4.